The van der Waals surface area contributed by atoms with Gasteiger partial charge in [-0.15, -0.1) is 0 Å². The van der Waals surface area contributed by atoms with Crippen molar-refractivity contribution in [1.29, 1.82) is 0 Å². The van der Waals surface area contributed by atoms with Crippen molar-refractivity contribution in [3.05, 3.63) is 47.0 Å². The molecular weight excluding hydrogens is 292 g/mol. The van der Waals surface area contributed by atoms with Crippen molar-refractivity contribution in [2.24, 2.45) is 0 Å². The van der Waals surface area contributed by atoms with Crippen LogP contribution in [0.2, 0.25) is 0 Å². The van der Waals surface area contributed by atoms with E-state index in [0.717, 1.165) is 22.4 Å². The van der Waals surface area contributed by atoms with E-state index in [9.17, 15) is 5.11 Å². The molecule has 0 spiro atoms. The van der Waals surface area contributed by atoms with Crippen LogP contribution in [0.5, 0.6) is 0 Å². The lowest BCUT2D eigenvalue weighted by molar-refractivity contribution is 0.298. The Morgan fingerprint density at radius 2 is 1.57 bits per heavy atom. The molecule has 0 atom stereocenters. The molecule has 2 rings (SSSR count). The number of hydrogen-bond acceptors (Lipinski definition) is 6. The summed E-state index contributed by atoms with van der Waals surface area (Å²) in [5, 5.41) is 21.7. The molecular formula is C17H24N4O2. The molecule has 23 heavy (non-hydrogen) atoms. The Bertz CT molecular complexity index is 674. The first-order valence-corrected chi connectivity index (χ1v) is 7.57. The first-order chi connectivity index (χ1) is 11.1. The molecule has 0 amide bonds. The zero-order chi connectivity index (χ0) is 16.8. The van der Waals surface area contributed by atoms with Gasteiger partial charge in [0.1, 0.15) is 0 Å². The number of anilines is 4. The van der Waals surface area contributed by atoms with Crippen molar-refractivity contribution in [1.82, 2.24) is 0 Å². The molecule has 0 saturated heterocycles. The molecule has 124 valence electrons. The Morgan fingerprint density at radius 1 is 0.870 bits per heavy atom. The Balaban J connectivity index is 2.33. The molecule has 6 heteroatoms. The van der Waals surface area contributed by atoms with Crippen LogP contribution in [-0.2, 0) is 19.4 Å². The molecule has 0 heterocycles. The number of nitrogens with two attached hydrogens (primary N) is 3. The molecule has 2 aromatic rings. The Morgan fingerprint density at radius 3 is 2.22 bits per heavy atom. The van der Waals surface area contributed by atoms with Gasteiger partial charge in [0.25, 0.3) is 0 Å². The van der Waals surface area contributed by atoms with Crippen LogP contribution in [0.15, 0.2) is 30.3 Å². The van der Waals surface area contributed by atoms with E-state index in [1.54, 1.807) is 6.07 Å². The third kappa shape index (κ3) is 3.85. The normalized spacial score (nSPS) is 10.7. The topological polar surface area (TPSA) is 131 Å². The molecule has 0 aliphatic rings. The zero-order valence-corrected chi connectivity index (χ0v) is 13.0. The van der Waals surface area contributed by atoms with E-state index in [0.29, 0.717) is 36.4 Å². The molecule has 0 bridgehead atoms. The average Bonchev–Trinajstić information content (AvgIpc) is 2.53. The van der Waals surface area contributed by atoms with Gasteiger partial charge in [-0.2, -0.15) is 0 Å². The quantitative estimate of drug-likeness (QED) is 0.424. The SMILES string of the molecule is Nc1ccccc1NCc1c(N)cc(CCO)c(N)c1CCO. The Hall–Kier alpha value is -2.44. The number of benzene rings is 2. The minimum atomic E-state index is -0.0211. The number of aliphatic hydroxyl groups excluding tert-OH is 2. The summed E-state index contributed by atoms with van der Waals surface area (Å²) in [6.07, 6.45) is 0.852. The van der Waals surface area contributed by atoms with Crippen molar-refractivity contribution in [2.75, 3.05) is 35.7 Å². The molecule has 0 aliphatic heterocycles. The summed E-state index contributed by atoms with van der Waals surface area (Å²) in [4.78, 5) is 0. The van der Waals surface area contributed by atoms with Crippen molar-refractivity contribution < 1.29 is 10.2 Å². The van der Waals surface area contributed by atoms with Gasteiger partial charge < -0.3 is 32.7 Å². The highest BCUT2D eigenvalue weighted by atomic mass is 16.3. The molecule has 6 nitrogen and oxygen atoms in total. The Labute approximate surface area is 135 Å². The minimum absolute atomic E-state index is 0.000348. The Kier molecular flexibility index (Phi) is 5.67. The van der Waals surface area contributed by atoms with Gasteiger partial charge in [-0.1, -0.05) is 12.1 Å². The van der Waals surface area contributed by atoms with Gasteiger partial charge in [0.2, 0.25) is 0 Å². The first-order valence-electron chi connectivity index (χ1n) is 7.57. The highest BCUT2D eigenvalue weighted by Gasteiger charge is 2.14. The lowest BCUT2D eigenvalue weighted by Crippen LogP contribution is -2.13. The van der Waals surface area contributed by atoms with Crippen LogP contribution >= 0.6 is 0 Å². The summed E-state index contributed by atoms with van der Waals surface area (Å²) >= 11 is 0. The van der Waals surface area contributed by atoms with Crippen LogP contribution in [0, 0.1) is 0 Å². The van der Waals surface area contributed by atoms with Gasteiger partial charge in [-0.25, -0.2) is 0 Å². The van der Waals surface area contributed by atoms with Crippen LogP contribution in [-0.4, -0.2) is 23.4 Å². The third-order valence-electron chi connectivity index (χ3n) is 3.87. The number of rotatable bonds is 7. The fourth-order valence-electron chi connectivity index (χ4n) is 2.66. The molecule has 0 fully saturated rings. The molecule has 0 saturated carbocycles. The maximum atomic E-state index is 9.32. The van der Waals surface area contributed by atoms with E-state index >= 15 is 0 Å². The summed E-state index contributed by atoms with van der Waals surface area (Å²) in [5.41, 5.74) is 23.4. The van der Waals surface area contributed by atoms with Crippen molar-refractivity contribution >= 4 is 22.7 Å². The predicted molar refractivity (Wildman–Crippen MR) is 95.0 cm³/mol. The van der Waals surface area contributed by atoms with Gasteiger partial charge in [0.15, 0.2) is 0 Å². The second-order valence-corrected chi connectivity index (χ2v) is 5.38. The lowest BCUT2D eigenvalue weighted by Gasteiger charge is -2.19. The second-order valence-electron chi connectivity index (χ2n) is 5.38. The van der Waals surface area contributed by atoms with E-state index in [-0.39, 0.29) is 13.2 Å². The van der Waals surface area contributed by atoms with Gasteiger partial charge >= 0.3 is 0 Å². The van der Waals surface area contributed by atoms with Crippen LogP contribution in [0.25, 0.3) is 0 Å². The maximum Gasteiger partial charge on any atom is 0.0576 e. The van der Waals surface area contributed by atoms with Crippen LogP contribution < -0.4 is 22.5 Å². The maximum absolute atomic E-state index is 9.32. The number of nitrogens with one attached hydrogen (secondary N) is 1. The van der Waals surface area contributed by atoms with Crippen molar-refractivity contribution in [2.45, 2.75) is 19.4 Å². The summed E-state index contributed by atoms with van der Waals surface area (Å²) in [6.45, 7) is 0.437. The standard InChI is InChI=1S/C17H24N4O2/c18-14-3-1-2-4-16(14)21-10-13-12(6-8-23)17(20)11(5-7-22)9-15(13)19/h1-4,9,21-23H,5-8,10,18-20H2. The van der Waals surface area contributed by atoms with Gasteiger partial charge in [0.05, 0.1) is 11.4 Å². The number of aliphatic hydroxyl groups is 2. The van der Waals surface area contributed by atoms with E-state index in [1.165, 1.54) is 0 Å². The highest BCUT2D eigenvalue weighted by Crippen LogP contribution is 2.30. The first kappa shape index (κ1) is 16.9. The summed E-state index contributed by atoms with van der Waals surface area (Å²) < 4.78 is 0. The van der Waals surface area contributed by atoms with E-state index in [1.807, 2.05) is 24.3 Å². The minimum Gasteiger partial charge on any atom is -0.398 e. The highest BCUT2D eigenvalue weighted by molar-refractivity contribution is 5.69. The molecule has 0 radical (unpaired) electrons. The predicted octanol–water partition coefficient (Wildman–Crippen LogP) is 1.11. The number of hydrogen-bond donors (Lipinski definition) is 6. The second kappa shape index (κ2) is 7.71. The van der Waals surface area contributed by atoms with Crippen LogP contribution in [0.4, 0.5) is 22.7 Å². The van der Waals surface area contributed by atoms with Crippen LogP contribution in [0.3, 0.4) is 0 Å². The summed E-state index contributed by atoms with van der Waals surface area (Å²) in [6, 6.07) is 9.26. The van der Waals surface area contributed by atoms with E-state index in [2.05, 4.69) is 5.32 Å². The van der Waals surface area contributed by atoms with Gasteiger partial charge in [-0.05, 0) is 47.7 Å². The molecule has 0 unspecified atom stereocenters. The summed E-state index contributed by atoms with van der Waals surface area (Å²) in [5.74, 6) is 0. The third-order valence-corrected chi connectivity index (χ3v) is 3.87. The monoisotopic (exact) mass is 316 g/mol. The molecule has 2 aromatic carbocycles. The van der Waals surface area contributed by atoms with Crippen molar-refractivity contribution in [3.8, 4) is 0 Å². The van der Waals surface area contributed by atoms with E-state index < -0.39 is 0 Å². The van der Waals surface area contributed by atoms with Gasteiger partial charge in [0, 0.05) is 31.1 Å². The average molecular weight is 316 g/mol. The van der Waals surface area contributed by atoms with E-state index in [4.69, 9.17) is 22.3 Å². The number of nitrogen functional groups attached to an aromatic ring is 3. The van der Waals surface area contributed by atoms with Gasteiger partial charge in [-0.3, -0.25) is 0 Å². The fourth-order valence-corrected chi connectivity index (χ4v) is 2.66. The van der Waals surface area contributed by atoms with Crippen LogP contribution in [0.1, 0.15) is 16.7 Å². The molecule has 0 aromatic heterocycles. The smallest absolute Gasteiger partial charge is 0.0576 e. The molecule has 9 N–H and O–H groups in total. The lowest BCUT2D eigenvalue weighted by atomic mass is 9.95. The fraction of sp³-hybridized carbons (Fsp3) is 0.294. The van der Waals surface area contributed by atoms with Crippen molar-refractivity contribution in [3.63, 3.8) is 0 Å². The molecule has 0 aliphatic carbocycles. The largest absolute Gasteiger partial charge is 0.398 e. The summed E-state index contributed by atoms with van der Waals surface area (Å²) in [7, 11) is 0. The number of para-hydroxylation sites is 2. The zero-order valence-electron chi connectivity index (χ0n) is 13.0.